The molecule has 0 aromatic heterocycles. The van der Waals surface area contributed by atoms with Crippen LogP contribution in [0.4, 0.5) is 10.5 Å². The van der Waals surface area contributed by atoms with Gasteiger partial charge in [-0.15, -0.1) is 0 Å². The topological polar surface area (TPSA) is 82.2 Å². The third-order valence-electron chi connectivity index (χ3n) is 8.71. The van der Waals surface area contributed by atoms with Crippen molar-refractivity contribution in [1.29, 1.82) is 0 Å². The zero-order chi connectivity index (χ0) is 24.1. The maximum absolute atomic E-state index is 13.6. The van der Waals surface area contributed by atoms with E-state index in [4.69, 9.17) is 4.74 Å². The van der Waals surface area contributed by atoms with Crippen LogP contribution in [0.25, 0.3) is 0 Å². The molecule has 0 saturated carbocycles. The van der Waals surface area contributed by atoms with Gasteiger partial charge in [0.15, 0.2) is 0 Å². The number of nitrogens with one attached hydrogen (secondary N) is 1. The average Bonchev–Trinajstić information content (AvgIpc) is 3.16. The van der Waals surface area contributed by atoms with Gasteiger partial charge in [-0.05, 0) is 74.8 Å². The van der Waals surface area contributed by atoms with Crippen LogP contribution in [0.5, 0.6) is 5.75 Å². The van der Waals surface area contributed by atoms with E-state index < -0.39 is 12.1 Å². The van der Waals surface area contributed by atoms with E-state index in [1.165, 1.54) is 31.4 Å². The SMILES string of the molecule is COc1ccc(N2C(=O)N[C@@H](CC(=O)N3CCCC4=C[C@H]5C[C@@H](CN6CCCCC56)C43)C2=O)cc1. The molecule has 1 aliphatic carbocycles. The van der Waals surface area contributed by atoms with Crippen LogP contribution in [0.3, 0.4) is 0 Å². The van der Waals surface area contributed by atoms with Gasteiger partial charge in [0.05, 0.1) is 25.3 Å². The predicted molar refractivity (Wildman–Crippen MR) is 131 cm³/mol. The number of methoxy groups -OCH3 is 1. The van der Waals surface area contributed by atoms with E-state index >= 15 is 0 Å². The molecule has 35 heavy (non-hydrogen) atoms. The fourth-order valence-electron chi connectivity index (χ4n) is 7.19. The number of nitrogens with zero attached hydrogens (tertiary/aromatic N) is 3. The lowest BCUT2D eigenvalue weighted by atomic mass is 9.68. The molecular weight excluding hydrogens is 444 g/mol. The van der Waals surface area contributed by atoms with Crippen molar-refractivity contribution in [2.45, 2.75) is 63.1 Å². The lowest BCUT2D eigenvalue weighted by molar-refractivity contribution is -0.138. The molecule has 5 atom stereocenters. The standard InChI is InChI=1S/C27H34N4O4/c1-35-21-9-7-20(8-10-21)31-26(33)22(28-27(31)34)15-24(32)30-12-4-5-17-13-18-14-19(25(17)30)16-29-11-3-2-6-23(18)29/h7-10,13,18-19,22-23,25H,2-6,11-12,14-16H2,1H3,(H,28,34)/t18-,19-,22-,23?,25?/m0/s1. The molecule has 8 nitrogen and oxygen atoms in total. The minimum absolute atomic E-state index is 0.00347. The van der Waals surface area contributed by atoms with Gasteiger partial charge in [-0.1, -0.05) is 18.1 Å². The Morgan fingerprint density at radius 1 is 1.11 bits per heavy atom. The number of hydrogen-bond acceptors (Lipinski definition) is 5. The van der Waals surface area contributed by atoms with E-state index in [-0.39, 0.29) is 24.3 Å². The number of urea groups is 1. The second kappa shape index (κ2) is 8.97. The van der Waals surface area contributed by atoms with Crippen molar-refractivity contribution in [3.05, 3.63) is 35.9 Å². The highest BCUT2D eigenvalue weighted by molar-refractivity contribution is 6.22. The Kier molecular flexibility index (Phi) is 5.79. The Morgan fingerprint density at radius 2 is 1.94 bits per heavy atom. The van der Waals surface area contributed by atoms with Crippen molar-refractivity contribution in [2.24, 2.45) is 11.8 Å². The summed E-state index contributed by atoms with van der Waals surface area (Å²) in [6.45, 7) is 2.96. The number of hydrogen-bond donors (Lipinski definition) is 1. The van der Waals surface area contributed by atoms with Gasteiger partial charge in [-0.2, -0.15) is 0 Å². The number of piperidine rings is 3. The van der Waals surface area contributed by atoms with E-state index in [0.29, 0.717) is 29.3 Å². The second-order valence-electron chi connectivity index (χ2n) is 10.7. The minimum Gasteiger partial charge on any atom is -0.497 e. The molecule has 0 radical (unpaired) electrons. The highest BCUT2D eigenvalue weighted by atomic mass is 16.5. The molecular formula is C27H34N4O4. The quantitative estimate of drug-likeness (QED) is 0.532. The summed E-state index contributed by atoms with van der Waals surface area (Å²) in [4.78, 5) is 45.2. The number of rotatable bonds is 4. The Labute approximate surface area is 206 Å². The Bertz CT molecular complexity index is 1050. The van der Waals surface area contributed by atoms with Crippen LogP contribution in [-0.2, 0) is 9.59 Å². The van der Waals surface area contributed by atoms with Gasteiger partial charge in [0.1, 0.15) is 11.8 Å². The van der Waals surface area contributed by atoms with Gasteiger partial charge in [0.25, 0.3) is 5.91 Å². The Balaban J connectivity index is 1.17. The summed E-state index contributed by atoms with van der Waals surface area (Å²) in [6.07, 6.45) is 9.58. The molecule has 1 aromatic carbocycles. The summed E-state index contributed by atoms with van der Waals surface area (Å²) >= 11 is 0. The molecule has 186 valence electrons. The lowest BCUT2D eigenvalue weighted by Crippen LogP contribution is -2.60. The number of likely N-dealkylation sites (tertiary alicyclic amines) is 1. The molecule has 2 bridgehead atoms. The van der Waals surface area contributed by atoms with Crippen LogP contribution in [-0.4, -0.2) is 72.5 Å². The molecule has 5 aliphatic rings. The molecule has 4 amide bonds. The van der Waals surface area contributed by atoms with Crippen LogP contribution in [0.2, 0.25) is 0 Å². The molecule has 2 unspecified atom stereocenters. The van der Waals surface area contributed by atoms with Crippen molar-refractivity contribution in [1.82, 2.24) is 15.1 Å². The smallest absolute Gasteiger partial charge is 0.329 e. The van der Waals surface area contributed by atoms with Crippen molar-refractivity contribution >= 4 is 23.5 Å². The molecule has 4 fully saturated rings. The number of benzene rings is 1. The third-order valence-corrected chi connectivity index (χ3v) is 8.71. The van der Waals surface area contributed by atoms with Crippen molar-refractivity contribution in [2.75, 3.05) is 31.6 Å². The highest BCUT2D eigenvalue weighted by Crippen LogP contribution is 2.45. The molecule has 8 heteroatoms. The summed E-state index contributed by atoms with van der Waals surface area (Å²) in [5, 5.41) is 2.74. The molecule has 1 N–H and O–H groups in total. The van der Waals surface area contributed by atoms with Gasteiger partial charge < -0.3 is 15.0 Å². The van der Waals surface area contributed by atoms with Gasteiger partial charge in [0.2, 0.25) is 5.91 Å². The van der Waals surface area contributed by atoms with Gasteiger partial charge >= 0.3 is 6.03 Å². The fourth-order valence-corrected chi connectivity index (χ4v) is 7.19. The monoisotopic (exact) mass is 478 g/mol. The first-order chi connectivity index (χ1) is 17.0. The Hall–Kier alpha value is -2.87. The van der Waals surface area contributed by atoms with Gasteiger partial charge in [-0.25, -0.2) is 9.69 Å². The van der Waals surface area contributed by atoms with E-state index in [1.807, 2.05) is 4.90 Å². The summed E-state index contributed by atoms with van der Waals surface area (Å²) in [5.41, 5.74) is 1.90. The first-order valence-electron chi connectivity index (χ1n) is 13.1. The number of amides is 4. The average molecular weight is 479 g/mol. The van der Waals surface area contributed by atoms with Crippen LogP contribution in [0.1, 0.15) is 44.9 Å². The summed E-state index contributed by atoms with van der Waals surface area (Å²) in [7, 11) is 1.57. The summed E-state index contributed by atoms with van der Waals surface area (Å²) in [6, 6.07) is 6.28. The maximum Gasteiger partial charge on any atom is 0.329 e. The van der Waals surface area contributed by atoms with E-state index in [9.17, 15) is 14.4 Å². The lowest BCUT2D eigenvalue weighted by Gasteiger charge is -2.54. The zero-order valence-electron chi connectivity index (χ0n) is 20.3. The normalized spacial score (nSPS) is 32.5. The molecule has 4 heterocycles. The van der Waals surface area contributed by atoms with Crippen LogP contribution >= 0.6 is 0 Å². The summed E-state index contributed by atoms with van der Waals surface area (Å²) < 4.78 is 5.17. The van der Waals surface area contributed by atoms with E-state index in [2.05, 4.69) is 16.3 Å². The van der Waals surface area contributed by atoms with Crippen LogP contribution in [0.15, 0.2) is 35.9 Å². The summed E-state index contributed by atoms with van der Waals surface area (Å²) in [5.74, 6) is 1.32. The molecule has 6 rings (SSSR count). The van der Waals surface area contributed by atoms with Crippen LogP contribution in [0, 0.1) is 11.8 Å². The second-order valence-corrected chi connectivity index (χ2v) is 10.7. The minimum atomic E-state index is -0.833. The highest BCUT2D eigenvalue weighted by Gasteiger charge is 2.48. The molecule has 0 spiro atoms. The van der Waals surface area contributed by atoms with E-state index in [1.54, 1.807) is 31.4 Å². The number of carbonyl (C=O) groups excluding carboxylic acids is 3. The largest absolute Gasteiger partial charge is 0.497 e. The first kappa shape index (κ1) is 22.6. The molecule has 4 saturated heterocycles. The molecule has 1 aromatic rings. The van der Waals surface area contributed by atoms with E-state index in [0.717, 1.165) is 37.3 Å². The number of anilines is 1. The van der Waals surface area contributed by atoms with Gasteiger partial charge in [-0.3, -0.25) is 14.5 Å². The van der Waals surface area contributed by atoms with Crippen molar-refractivity contribution in [3.8, 4) is 5.75 Å². The fraction of sp³-hybridized carbons (Fsp3) is 0.593. The maximum atomic E-state index is 13.6. The van der Waals surface area contributed by atoms with Crippen LogP contribution < -0.4 is 15.0 Å². The van der Waals surface area contributed by atoms with Crippen molar-refractivity contribution < 1.29 is 19.1 Å². The Morgan fingerprint density at radius 3 is 2.74 bits per heavy atom. The molecule has 4 aliphatic heterocycles. The number of ether oxygens (including phenoxy) is 1. The first-order valence-corrected chi connectivity index (χ1v) is 13.1. The number of carbonyl (C=O) groups is 3. The number of imide groups is 1. The zero-order valence-corrected chi connectivity index (χ0v) is 20.3. The van der Waals surface area contributed by atoms with Gasteiger partial charge in [0, 0.05) is 19.1 Å². The number of fused-ring (bicyclic) bond motifs is 6. The van der Waals surface area contributed by atoms with Crippen molar-refractivity contribution in [3.63, 3.8) is 0 Å². The predicted octanol–water partition coefficient (Wildman–Crippen LogP) is 2.93. The third kappa shape index (κ3) is 3.92.